The van der Waals surface area contributed by atoms with E-state index in [1.165, 1.54) is 12.1 Å². The third-order valence-electron chi connectivity index (χ3n) is 4.87. The van der Waals surface area contributed by atoms with E-state index in [0.717, 1.165) is 31.5 Å². The fourth-order valence-corrected chi connectivity index (χ4v) is 3.46. The van der Waals surface area contributed by atoms with Crippen molar-refractivity contribution in [1.82, 2.24) is 10.2 Å². The molecule has 1 N–H and O–H groups in total. The number of morpholine rings is 1. The van der Waals surface area contributed by atoms with Gasteiger partial charge in [-0.25, -0.2) is 4.39 Å². The highest BCUT2D eigenvalue weighted by molar-refractivity contribution is 5.78. The van der Waals surface area contributed by atoms with E-state index in [4.69, 9.17) is 4.74 Å². The number of benzene rings is 1. The van der Waals surface area contributed by atoms with Gasteiger partial charge in [-0.05, 0) is 56.5 Å². The summed E-state index contributed by atoms with van der Waals surface area (Å²) in [6.07, 6.45) is 2.16. The largest absolute Gasteiger partial charge is 0.363 e. The summed E-state index contributed by atoms with van der Waals surface area (Å²) >= 11 is 0. The fourth-order valence-electron chi connectivity index (χ4n) is 3.46. The van der Waals surface area contributed by atoms with Crippen molar-refractivity contribution in [2.24, 2.45) is 5.92 Å². The first-order chi connectivity index (χ1) is 10.6. The maximum atomic E-state index is 13.0. The third-order valence-corrected chi connectivity index (χ3v) is 4.87. The molecule has 2 fully saturated rings. The monoisotopic (exact) mass is 306 g/mol. The van der Waals surface area contributed by atoms with Gasteiger partial charge in [0, 0.05) is 6.54 Å². The number of ether oxygens (including phenoxy) is 1. The van der Waals surface area contributed by atoms with Gasteiger partial charge in [0.25, 0.3) is 0 Å². The summed E-state index contributed by atoms with van der Waals surface area (Å²) in [6, 6.07) is 6.35. The Hall–Kier alpha value is -1.46. The molecule has 1 aromatic rings. The summed E-state index contributed by atoms with van der Waals surface area (Å²) in [4.78, 5) is 14.0. The molecule has 120 valence electrons. The smallest absolute Gasteiger partial charge is 0.248 e. The second-order valence-electron chi connectivity index (χ2n) is 6.50. The molecule has 0 radical (unpaired) electrons. The minimum Gasteiger partial charge on any atom is -0.363 e. The Morgan fingerprint density at radius 1 is 1.32 bits per heavy atom. The average molecular weight is 306 g/mol. The van der Waals surface area contributed by atoms with Crippen LogP contribution in [0.5, 0.6) is 0 Å². The molecule has 22 heavy (non-hydrogen) atoms. The molecule has 4 nitrogen and oxygen atoms in total. The van der Waals surface area contributed by atoms with Gasteiger partial charge in [-0.15, -0.1) is 0 Å². The number of piperidine rings is 1. The number of amides is 1. The molecular formula is C17H23FN2O2. The topological polar surface area (TPSA) is 41.6 Å². The number of nitrogens with one attached hydrogen (secondary N) is 1. The number of carbonyl (C=O) groups excluding carboxylic acids is 1. The highest BCUT2D eigenvalue weighted by Crippen LogP contribution is 2.33. The normalized spacial score (nSPS) is 27.2. The first kappa shape index (κ1) is 15.4. The lowest BCUT2D eigenvalue weighted by atomic mass is 9.81. The maximum Gasteiger partial charge on any atom is 0.248 e. The molecule has 1 aromatic carbocycles. The van der Waals surface area contributed by atoms with Crippen LogP contribution >= 0.6 is 0 Å². The molecule has 2 heterocycles. The Morgan fingerprint density at radius 2 is 2.00 bits per heavy atom. The summed E-state index contributed by atoms with van der Waals surface area (Å²) in [5.41, 5.74) is 0.667. The minimum absolute atomic E-state index is 0.00994. The van der Waals surface area contributed by atoms with Crippen molar-refractivity contribution < 1.29 is 13.9 Å². The highest BCUT2D eigenvalue weighted by Gasteiger charge is 2.42. The third kappa shape index (κ3) is 3.31. The number of rotatable bonds is 3. The molecule has 3 rings (SSSR count). The van der Waals surface area contributed by atoms with Crippen LogP contribution in [0.4, 0.5) is 4.39 Å². The van der Waals surface area contributed by atoms with Crippen molar-refractivity contribution >= 4 is 5.91 Å². The molecule has 0 aromatic heterocycles. The Morgan fingerprint density at radius 3 is 2.68 bits per heavy atom. The van der Waals surface area contributed by atoms with E-state index in [2.05, 4.69) is 12.2 Å². The Labute approximate surface area is 130 Å². The molecule has 5 heteroatoms. The van der Waals surface area contributed by atoms with Crippen LogP contribution in [0.15, 0.2) is 24.3 Å². The van der Waals surface area contributed by atoms with E-state index >= 15 is 0 Å². The zero-order chi connectivity index (χ0) is 15.6. The average Bonchev–Trinajstić information content (AvgIpc) is 2.54. The number of hydrogen-bond donors (Lipinski definition) is 1. The Balaban J connectivity index is 1.70. The Kier molecular flexibility index (Phi) is 4.45. The quantitative estimate of drug-likeness (QED) is 0.928. The van der Waals surface area contributed by atoms with Crippen LogP contribution in [0.2, 0.25) is 0 Å². The molecule has 0 bridgehead atoms. The van der Waals surface area contributed by atoms with E-state index in [0.29, 0.717) is 19.0 Å². The van der Waals surface area contributed by atoms with Gasteiger partial charge in [0.2, 0.25) is 5.91 Å². The predicted molar refractivity (Wildman–Crippen MR) is 81.8 cm³/mol. The summed E-state index contributed by atoms with van der Waals surface area (Å²) in [6.45, 7) is 5.40. The molecular weight excluding hydrogens is 283 g/mol. The molecule has 1 unspecified atom stereocenters. The molecule has 0 spiro atoms. The maximum absolute atomic E-state index is 13.0. The molecule has 1 amide bonds. The van der Waals surface area contributed by atoms with Crippen LogP contribution in [0.25, 0.3) is 0 Å². The molecule has 0 aliphatic carbocycles. The van der Waals surface area contributed by atoms with Crippen molar-refractivity contribution in [3.05, 3.63) is 35.6 Å². The number of hydrogen-bond acceptors (Lipinski definition) is 3. The summed E-state index contributed by atoms with van der Waals surface area (Å²) in [7, 11) is 0. The first-order valence-electron chi connectivity index (χ1n) is 7.94. The zero-order valence-corrected chi connectivity index (χ0v) is 13.0. The minimum atomic E-state index is -0.282. The molecule has 2 saturated heterocycles. The first-order valence-corrected chi connectivity index (χ1v) is 7.94. The van der Waals surface area contributed by atoms with Crippen LogP contribution in [-0.2, 0) is 16.1 Å². The highest BCUT2D eigenvalue weighted by atomic mass is 19.1. The summed E-state index contributed by atoms with van der Waals surface area (Å²) in [5.74, 6) is 0.227. The second kappa shape index (κ2) is 6.34. The van der Waals surface area contributed by atoms with E-state index in [-0.39, 0.29) is 23.9 Å². The number of nitrogens with zero attached hydrogens (tertiary/aromatic N) is 1. The number of halogens is 1. The van der Waals surface area contributed by atoms with Crippen molar-refractivity contribution in [2.75, 3.05) is 26.2 Å². The van der Waals surface area contributed by atoms with Crippen molar-refractivity contribution in [2.45, 2.75) is 31.9 Å². The van der Waals surface area contributed by atoms with Crippen LogP contribution in [0.3, 0.4) is 0 Å². The van der Waals surface area contributed by atoms with E-state index in [9.17, 15) is 9.18 Å². The summed E-state index contributed by atoms with van der Waals surface area (Å²) in [5, 5.41) is 3.36. The molecule has 0 saturated carbocycles. The molecule has 1 atom stereocenters. The van der Waals surface area contributed by atoms with Crippen molar-refractivity contribution in [1.29, 1.82) is 0 Å². The van der Waals surface area contributed by atoms with E-state index < -0.39 is 0 Å². The zero-order valence-electron chi connectivity index (χ0n) is 13.0. The van der Waals surface area contributed by atoms with Gasteiger partial charge in [0.05, 0.1) is 12.1 Å². The van der Waals surface area contributed by atoms with Gasteiger partial charge in [-0.3, -0.25) is 4.79 Å². The lowest BCUT2D eigenvalue weighted by Gasteiger charge is -2.46. The fraction of sp³-hybridized carbons (Fsp3) is 0.588. The van der Waals surface area contributed by atoms with Crippen molar-refractivity contribution in [3.63, 3.8) is 0 Å². The van der Waals surface area contributed by atoms with E-state index in [1.54, 1.807) is 12.1 Å². The van der Waals surface area contributed by atoms with Crippen LogP contribution in [0.1, 0.15) is 25.3 Å². The van der Waals surface area contributed by atoms with Gasteiger partial charge >= 0.3 is 0 Å². The van der Waals surface area contributed by atoms with Gasteiger partial charge in [-0.1, -0.05) is 12.1 Å². The van der Waals surface area contributed by atoms with Gasteiger partial charge in [0.15, 0.2) is 0 Å². The molecule has 2 aliphatic rings. The van der Waals surface area contributed by atoms with Crippen LogP contribution in [-0.4, -0.2) is 42.6 Å². The van der Waals surface area contributed by atoms with Crippen LogP contribution < -0.4 is 5.32 Å². The lowest BCUT2D eigenvalue weighted by molar-refractivity contribution is -0.172. The Bertz CT molecular complexity index is 528. The van der Waals surface area contributed by atoms with Crippen LogP contribution in [0, 0.1) is 11.7 Å². The lowest BCUT2D eigenvalue weighted by Crippen LogP contribution is -2.57. The SMILES string of the molecule is CC1(C2CCNCC2)CN(Cc2ccc(F)cc2)C(=O)CO1. The molecule has 2 aliphatic heterocycles. The van der Waals surface area contributed by atoms with Crippen molar-refractivity contribution in [3.8, 4) is 0 Å². The van der Waals surface area contributed by atoms with Gasteiger partial charge in [-0.2, -0.15) is 0 Å². The van der Waals surface area contributed by atoms with Gasteiger partial charge in [0.1, 0.15) is 12.4 Å². The standard InChI is InChI=1S/C17H23FN2O2/c1-17(14-6-8-19-9-7-14)12-20(16(21)11-22-17)10-13-2-4-15(18)5-3-13/h2-5,14,19H,6-12H2,1H3. The number of carbonyl (C=O) groups is 1. The predicted octanol–water partition coefficient (Wildman–Crippen LogP) is 1.94. The van der Waals surface area contributed by atoms with E-state index in [1.807, 2.05) is 4.90 Å². The van der Waals surface area contributed by atoms with Gasteiger partial charge < -0.3 is 15.0 Å². The summed E-state index contributed by atoms with van der Waals surface area (Å²) < 4.78 is 18.9. The second-order valence-corrected chi connectivity index (χ2v) is 6.50.